The van der Waals surface area contributed by atoms with Crippen LogP contribution in [0.1, 0.15) is 24.5 Å². The zero-order valence-electron chi connectivity index (χ0n) is 8.18. The molecule has 0 bridgehead atoms. The highest BCUT2D eigenvalue weighted by Gasteiger charge is 1.97. The maximum Gasteiger partial charge on any atom is 0.0258 e. The van der Waals surface area contributed by atoms with E-state index in [0.717, 1.165) is 6.42 Å². The number of allylic oxidation sites excluding steroid dienone is 2. The van der Waals surface area contributed by atoms with Gasteiger partial charge in [-0.15, -0.1) is 11.6 Å². The lowest BCUT2D eigenvalue weighted by Gasteiger charge is -2.04. The summed E-state index contributed by atoms with van der Waals surface area (Å²) in [4.78, 5) is 0. The topological polar surface area (TPSA) is 0 Å². The number of rotatable bonds is 3. The minimum atomic E-state index is 0.698. The second-order valence-electron chi connectivity index (χ2n) is 3.18. The summed E-state index contributed by atoms with van der Waals surface area (Å²) in [5, 5.41) is 0. The van der Waals surface area contributed by atoms with Crippen LogP contribution in [0, 0.1) is 6.92 Å². The molecule has 0 atom stereocenters. The van der Waals surface area contributed by atoms with Crippen LogP contribution in [0.4, 0.5) is 0 Å². The third-order valence-electron chi connectivity index (χ3n) is 2.13. The first kappa shape index (κ1) is 10.3. The lowest BCUT2D eigenvalue weighted by molar-refractivity contribution is 1.23. The molecule has 1 rings (SSSR count). The van der Waals surface area contributed by atoms with E-state index in [9.17, 15) is 0 Å². The Bertz CT molecular complexity index is 300. The molecule has 0 radical (unpaired) electrons. The van der Waals surface area contributed by atoms with Crippen molar-refractivity contribution in [3.63, 3.8) is 0 Å². The van der Waals surface area contributed by atoms with E-state index >= 15 is 0 Å². The van der Waals surface area contributed by atoms with Gasteiger partial charge in [-0.3, -0.25) is 0 Å². The Morgan fingerprint density at radius 2 is 2.08 bits per heavy atom. The van der Waals surface area contributed by atoms with Crippen molar-refractivity contribution in [2.75, 3.05) is 5.88 Å². The molecule has 0 spiro atoms. The van der Waals surface area contributed by atoms with Crippen molar-refractivity contribution in [2.45, 2.75) is 20.3 Å². The maximum absolute atomic E-state index is 5.63. The van der Waals surface area contributed by atoms with Crippen molar-refractivity contribution in [1.29, 1.82) is 0 Å². The fraction of sp³-hybridized carbons (Fsp3) is 0.333. The second kappa shape index (κ2) is 5.08. The third-order valence-corrected chi connectivity index (χ3v) is 2.35. The van der Waals surface area contributed by atoms with Crippen LogP contribution in [0.15, 0.2) is 30.3 Å². The summed E-state index contributed by atoms with van der Waals surface area (Å²) in [5.41, 5.74) is 3.97. The van der Waals surface area contributed by atoms with Crippen molar-refractivity contribution in [3.8, 4) is 0 Å². The van der Waals surface area contributed by atoms with Gasteiger partial charge in [-0.05, 0) is 37.0 Å². The zero-order chi connectivity index (χ0) is 9.68. The van der Waals surface area contributed by atoms with Crippen molar-refractivity contribution < 1.29 is 0 Å². The van der Waals surface area contributed by atoms with E-state index in [2.05, 4.69) is 44.2 Å². The minimum Gasteiger partial charge on any atom is -0.126 e. The summed E-state index contributed by atoms with van der Waals surface area (Å²) in [5.74, 6) is 0.698. The Labute approximate surface area is 85.2 Å². The van der Waals surface area contributed by atoms with Gasteiger partial charge < -0.3 is 0 Å². The molecule has 1 aromatic rings. The molecule has 1 aromatic carbocycles. The van der Waals surface area contributed by atoms with Crippen molar-refractivity contribution in [2.24, 2.45) is 0 Å². The van der Waals surface area contributed by atoms with Gasteiger partial charge in [-0.2, -0.15) is 0 Å². The van der Waals surface area contributed by atoms with E-state index in [0.29, 0.717) is 5.88 Å². The smallest absolute Gasteiger partial charge is 0.0258 e. The van der Waals surface area contributed by atoms with Gasteiger partial charge in [0.1, 0.15) is 0 Å². The SMILES string of the molecule is C/C(=C\CCCl)c1ccccc1C. The molecule has 70 valence electrons. The zero-order valence-corrected chi connectivity index (χ0v) is 8.93. The summed E-state index contributed by atoms with van der Waals surface area (Å²) in [6, 6.07) is 8.41. The van der Waals surface area contributed by atoms with Crippen molar-refractivity contribution in [3.05, 3.63) is 41.5 Å². The van der Waals surface area contributed by atoms with Gasteiger partial charge in [-0.1, -0.05) is 30.3 Å². The molecule has 0 saturated carbocycles. The lowest BCUT2D eigenvalue weighted by Crippen LogP contribution is -1.84. The first-order valence-corrected chi connectivity index (χ1v) is 5.08. The first-order chi connectivity index (χ1) is 6.25. The average Bonchev–Trinajstić information content (AvgIpc) is 2.15. The van der Waals surface area contributed by atoms with Crippen LogP contribution in [0.5, 0.6) is 0 Å². The molecular formula is C12H15Cl. The summed E-state index contributed by atoms with van der Waals surface area (Å²) in [6.45, 7) is 4.27. The van der Waals surface area contributed by atoms with Crippen molar-refractivity contribution in [1.82, 2.24) is 0 Å². The normalized spacial score (nSPS) is 11.8. The highest BCUT2D eigenvalue weighted by molar-refractivity contribution is 6.17. The Morgan fingerprint density at radius 1 is 1.38 bits per heavy atom. The Balaban J connectivity index is 2.88. The molecule has 0 aliphatic carbocycles. The molecular weight excluding hydrogens is 180 g/mol. The van der Waals surface area contributed by atoms with E-state index in [1.807, 2.05) is 0 Å². The van der Waals surface area contributed by atoms with Crippen LogP contribution in [0.3, 0.4) is 0 Å². The fourth-order valence-corrected chi connectivity index (χ4v) is 1.51. The maximum atomic E-state index is 5.63. The Kier molecular flexibility index (Phi) is 4.04. The van der Waals surface area contributed by atoms with Gasteiger partial charge in [0.2, 0.25) is 0 Å². The number of halogens is 1. The number of hydrogen-bond donors (Lipinski definition) is 0. The minimum absolute atomic E-state index is 0.698. The molecule has 0 aliphatic heterocycles. The molecule has 0 amide bonds. The molecule has 0 aliphatic rings. The molecule has 0 saturated heterocycles. The monoisotopic (exact) mass is 194 g/mol. The van der Waals surface area contributed by atoms with E-state index in [1.54, 1.807) is 0 Å². The van der Waals surface area contributed by atoms with E-state index in [1.165, 1.54) is 16.7 Å². The Morgan fingerprint density at radius 3 is 2.69 bits per heavy atom. The highest BCUT2D eigenvalue weighted by atomic mass is 35.5. The quantitative estimate of drug-likeness (QED) is 0.638. The molecule has 0 nitrogen and oxygen atoms in total. The number of benzene rings is 1. The van der Waals surface area contributed by atoms with Gasteiger partial charge in [0.15, 0.2) is 0 Å². The van der Waals surface area contributed by atoms with Crippen LogP contribution in [-0.2, 0) is 0 Å². The van der Waals surface area contributed by atoms with Gasteiger partial charge in [0, 0.05) is 5.88 Å². The van der Waals surface area contributed by atoms with Crippen LogP contribution in [0.25, 0.3) is 5.57 Å². The molecule has 0 aromatic heterocycles. The molecule has 1 heteroatoms. The summed E-state index contributed by atoms with van der Waals surface area (Å²) < 4.78 is 0. The van der Waals surface area contributed by atoms with Crippen LogP contribution >= 0.6 is 11.6 Å². The van der Waals surface area contributed by atoms with Crippen LogP contribution in [-0.4, -0.2) is 5.88 Å². The van der Waals surface area contributed by atoms with Crippen LogP contribution < -0.4 is 0 Å². The predicted octanol–water partition coefficient (Wildman–Crippen LogP) is 4.03. The van der Waals surface area contributed by atoms with Crippen LogP contribution in [0.2, 0.25) is 0 Å². The largest absolute Gasteiger partial charge is 0.126 e. The predicted molar refractivity (Wildman–Crippen MR) is 60.2 cm³/mol. The molecule has 0 fully saturated rings. The highest BCUT2D eigenvalue weighted by Crippen LogP contribution is 2.18. The molecule has 13 heavy (non-hydrogen) atoms. The van der Waals surface area contributed by atoms with Crippen molar-refractivity contribution >= 4 is 17.2 Å². The van der Waals surface area contributed by atoms with Gasteiger partial charge in [-0.25, -0.2) is 0 Å². The van der Waals surface area contributed by atoms with Gasteiger partial charge in [0.05, 0.1) is 0 Å². The number of alkyl halides is 1. The third kappa shape index (κ3) is 2.89. The molecule has 0 unspecified atom stereocenters. The van der Waals surface area contributed by atoms with Gasteiger partial charge >= 0.3 is 0 Å². The average molecular weight is 195 g/mol. The lowest BCUT2D eigenvalue weighted by atomic mass is 10.0. The summed E-state index contributed by atoms with van der Waals surface area (Å²) in [7, 11) is 0. The van der Waals surface area contributed by atoms with E-state index < -0.39 is 0 Å². The van der Waals surface area contributed by atoms with Gasteiger partial charge in [0.25, 0.3) is 0 Å². The fourth-order valence-electron chi connectivity index (χ4n) is 1.40. The Hall–Kier alpha value is -0.750. The van der Waals surface area contributed by atoms with E-state index in [4.69, 9.17) is 11.6 Å². The standard InChI is InChI=1S/C12H15Cl/c1-10-6-3-4-8-12(10)11(2)7-5-9-13/h3-4,6-8H,5,9H2,1-2H3/b11-7+. The number of hydrogen-bond acceptors (Lipinski definition) is 0. The summed E-state index contributed by atoms with van der Waals surface area (Å²) >= 11 is 5.63. The van der Waals surface area contributed by atoms with E-state index in [-0.39, 0.29) is 0 Å². The molecule has 0 heterocycles. The second-order valence-corrected chi connectivity index (χ2v) is 3.56. The number of aryl methyl sites for hydroxylation is 1. The summed E-state index contributed by atoms with van der Waals surface area (Å²) in [6.07, 6.45) is 3.14. The first-order valence-electron chi connectivity index (χ1n) is 4.54. The molecule has 0 N–H and O–H groups in total.